The van der Waals surface area contributed by atoms with Crippen molar-refractivity contribution in [2.24, 2.45) is 0 Å². The zero-order valence-corrected chi connectivity index (χ0v) is 11.1. The molecule has 3 rings (SSSR count). The van der Waals surface area contributed by atoms with E-state index >= 15 is 0 Å². The molecular weight excluding hydrogens is 242 g/mol. The number of non-ortho nitro benzene ring substituents is 1. The zero-order valence-electron chi connectivity index (χ0n) is 11.1. The van der Waals surface area contributed by atoms with E-state index in [1.165, 1.54) is 43.5 Å². The molecule has 0 amide bonds. The molecule has 0 aromatic heterocycles. The van der Waals surface area contributed by atoms with Crippen LogP contribution in [0.2, 0.25) is 0 Å². The van der Waals surface area contributed by atoms with Crippen molar-refractivity contribution >= 4 is 11.4 Å². The fraction of sp³-hybridized carbons (Fsp3) is 0.571. The molecule has 19 heavy (non-hydrogen) atoms. The van der Waals surface area contributed by atoms with Crippen molar-refractivity contribution in [2.45, 2.75) is 12.8 Å². The van der Waals surface area contributed by atoms with Crippen LogP contribution >= 0.6 is 0 Å². The van der Waals surface area contributed by atoms with E-state index in [2.05, 4.69) is 4.90 Å². The molecule has 0 bridgehead atoms. The highest BCUT2D eigenvalue weighted by atomic mass is 16.6. The Labute approximate surface area is 113 Å². The second kappa shape index (κ2) is 4.81. The second-order valence-electron chi connectivity index (χ2n) is 5.70. The molecule has 1 aromatic carbocycles. The Morgan fingerprint density at radius 3 is 2.11 bits per heavy atom. The van der Waals surface area contributed by atoms with Crippen molar-refractivity contribution in [3.05, 3.63) is 34.4 Å². The third-order valence-corrected chi connectivity index (χ3v) is 4.63. The van der Waals surface area contributed by atoms with Gasteiger partial charge in [-0.15, -0.1) is 0 Å². The third-order valence-electron chi connectivity index (χ3n) is 4.63. The van der Waals surface area contributed by atoms with E-state index in [-0.39, 0.29) is 10.6 Å². The first-order valence-corrected chi connectivity index (χ1v) is 7.03. The van der Waals surface area contributed by atoms with E-state index in [9.17, 15) is 10.1 Å². The molecule has 0 radical (unpaired) electrons. The van der Waals surface area contributed by atoms with Gasteiger partial charge in [-0.2, -0.15) is 0 Å². The van der Waals surface area contributed by atoms with Gasteiger partial charge in [-0.05, 0) is 12.1 Å². The van der Waals surface area contributed by atoms with Crippen LogP contribution < -0.4 is 4.90 Å². The minimum atomic E-state index is -0.343. The maximum absolute atomic E-state index is 10.6. The molecule has 2 aliphatic heterocycles. The summed E-state index contributed by atoms with van der Waals surface area (Å²) in [5.74, 6) is 0. The number of nitrogens with zero attached hydrogens (tertiary/aromatic N) is 3. The lowest BCUT2D eigenvalue weighted by Gasteiger charge is -2.42. The number of quaternary nitrogens is 1. The molecule has 0 saturated carbocycles. The van der Waals surface area contributed by atoms with Crippen LogP contribution in [0.25, 0.3) is 0 Å². The average Bonchev–Trinajstić information content (AvgIpc) is 2.88. The quantitative estimate of drug-likeness (QED) is 0.465. The molecule has 5 heteroatoms. The van der Waals surface area contributed by atoms with Gasteiger partial charge in [0.05, 0.1) is 44.2 Å². The maximum Gasteiger partial charge on any atom is 0.269 e. The summed E-state index contributed by atoms with van der Waals surface area (Å²) in [4.78, 5) is 12.7. The summed E-state index contributed by atoms with van der Waals surface area (Å²) in [5, 5.41) is 10.6. The van der Waals surface area contributed by atoms with Crippen LogP contribution in [0, 0.1) is 10.1 Å². The predicted molar refractivity (Wildman–Crippen MR) is 74.3 cm³/mol. The average molecular weight is 262 g/mol. The largest absolute Gasteiger partial charge is 0.360 e. The molecule has 2 aliphatic rings. The molecule has 0 unspecified atom stereocenters. The SMILES string of the molecule is O=[N+]([O-])c1ccc(N2CC[N+]3(CCCC3)CC2)cc1. The maximum atomic E-state index is 10.6. The summed E-state index contributed by atoms with van der Waals surface area (Å²) in [6, 6.07) is 6.95. The standard InChI is InChI=1S/C14H20N3O2/c18-16(19)14-5-3-13(4-6-14)15-7-11-17(12-8-15)9-1-2-10-17/h3-6H,1-2,7-12H2/q+1. The van der Waals surface area contributed by atoms with Crippen LogP contribution in [0.1, 0.15) is 12.8 Å². The summed E-state index contributed by atoms with van der Waals surface area (Å²) in [6.45, 7) is 7.26. The van der Waals surface area contributed by atoms with Gasteiger partial charge in [-0.25, -0.2) is 0 Å². The van der Waals surface area contributed by atoms with Gasteiger partial charge in [-0.1, -0.05) is 0 Å². The first-order chi connectivity index (χ1) is 9.19. The lowest BCUT2D eigenvalue weighted by Crippen LogP contribution is -2.58. The minimum absolute atomic E-state index is 0.170. The topological polar surface area (TPSA) is 46.4 Å². The van der Waals surface area contributed by atoms with E-state index in [1.54, 1.807) is 12.1 Å². The summed E-state index contributed by atoms with van der Waals surface area (Å²) in [5.41, 5.74) is 1.28. The van der Waals surface area contributed by atoms with E-state index in [4.69, 9.17) is 0 Å². The number of hydrogen-bond acceptors (Lipinski definition) is 3. The van der Waals surface area contributed by atoms with Crippen LogP contribution in [0.3, 0.4) is 0 Å². The number of nitro benzene ring substituents is 1. The Morgan fingerprint density at radius 1 is 1.00 bits per heavy atom. The van der Waals surface area contributed by atoms with Crippen molar-refractivity contribution in [1.29, 1.82) is 0 Å². The Kier molecular flexibility index (Phi) is 3.14. The normalized spacial score (nSPS) is 21.8. The predicted octanol–water partition coefficient (Wildman–Crippen LogP) is 2.03. The number of nitro groups is 1. The molecule has 2 saturated heterocycles. The van der Waals surface area contributed by atoms with Crippen molar-refractivity contribution < 1.29 is 9.41 Å². The number of anilines is 1. The Bertz CT molecular complexity index is 456. The Hall–Kier alpha value is -1.62. The molecule has 1 spiro atoms. The van der Waals surface area contributed by atoms with Gasteiger partial charge >= 0.3 is 0 Å². The van der Waals surface area contributed by atoms with Crippen LogP contribution in [-0.2, 0) is 0 Å². The van der Waals surface area contributed by atoms with Gasteiger partial charge in [0.1, 0.15) is 0 Å². The highest BCUT2D eigenvalue weighted by molar-refractivity contribution is 5.51. The highest BCUT2D eigenvalue weighted by Gasteiger charge is 2.35. The first kappa shape index (κ1) is 12.4. The Balaban J connectivity index is 1.66. The molecule has 0 aliphatic carbocycles. The fourth-order valence-electron chi connectivity index (χ4n) is 3.39. The van der Waals surface area contributed by atoms with Gasteiger partial charge in [0.15, 0.2) is 0 Å². The molecular formula is C14H20N3O2+. The highest BCUT2D eigenvalue weighted by Crippen LogP contribution is 2.26. The van der Waals surface area contributed by atoms with Gasteiger partial charge in [-0.3, -0.25) is 10.1 Å². The molecule has 102 valence electrons. The number of piperazine rings is 1. The van der Waals surface area contributed by atoms with Crippen molar-refractivity contribution in [2.75, 3.05) is 44.2 Å². The molecule has 2 fully saturated rings. The minimum Gasteiger partial charge on any atom is -0.360 e. The van der Waals surface area contributed by atoms with Crippen LogP contribution in [-0.4, -0.2) is 48.7 Å². The van der Waals surface area contributed by atoms with Crippen molar-refractivity contribution in [3.63, 3.8) is 0 Å². The van der Waals surface area contributed by atoms with Gasteiger partial charge < -0.3 is 9.38 Å². The summed E-state index contributed by atoms with van der Waals surface area (Å²) in [7, 11) is 0. The van der Waals surface area contributed by atoms with Crippen LogP contribution in [0.15, 0.2) is 24.3 Å². The number of hydrogen-bond donors (Lipinski definition) is 0. The molecule has 0 atom stereocenters. The molecule has 0 N–H and O–H groups in total. The number of benzene rings is 1. The van der Waals surface area contributed by atoms with E-state index in [0.29, 0.717) is 0 Å². The van der Waals surface area contributed by atoms with Crippen LogP contribution in [0.4, 0.5) is 11.4 Å². The molecule has 2 heterocycles. The monoisotopic (exact) mass is 262 g/mol. The Morgan fingerprint density at radius 2 is 1.58 bits per heavy atom. The van der Waals surface area contributed by atoms with Crippen molar-refractivity contribution in [1.82, 2.24) is 0 Å². The first-order valence-electron chi connectivity index (χ1n) is 7.03. The number of rotatable bonds is 2. The molecule has 1 aromatic rings. The molecule has 5 nitrogen and oxygen atoms in total. The summed E-state index contributed by atoms with van der Waals surface area (Å²) >= 11 is 0. The third kappa shape index (κ3) is 2.42. The zero-order chi connectivity index (χ0) is 13.3. The van der Waals surface area contributed by atoms with Crippen molar-refractivity contribution in [3.8, 4) is 0 Å². The lowest BCUT2D eigenvalue weighted by molar-refractivity contribution is -0.917. The lowest BCUT2D eigenvalue weighted by atomic mass is 10.2. The smallest absolute Gasteiger partial charge is 0.269 e. The van der Waals surface area contributed by atoms with Crippen LogP contribution in [0.5, 0.6) is 0 Å². The summed E-state index contributed by atoms with van der Waals surface area (Å²) in [6.07, 6.45) is 2.75. The van der Waals surface area contributed by atoms with Gasteiger partial charge in [0.2, 0.25) is 0 Å². The van der Waals surface area contributed by atoms with E-state index in [1.807, 2.05) is 12.1 Å². The van der Waals surface area contributed by atoms with E-state index in [0.717, 1.165) is 18.8 Å². The van der Waals surface area contributed by atoms with E-state index < -0.39 is 0 Å². The summed E-state index contributed by atoms with van der Waals surface area (Å²) < 4.78 is 1.30. The van der Waals surface area contributed by atoms with Gasteiger partial charge in [0, 0.05) is 30.7 Å². The fourth-order valence-corrected chi connectivity index (χ4v) is 3.39. The van der Waals surface area contributed by atoms with Gasteiger partial charge in [0.25, 0.3) is 5.69 Å². The second-order valence-corrected chi connectivity index (χ2v) is 5.70.